The van der Waals surface area contributed by atoms with Crippen molar-refractivity contribution in [2.75, 3.05) is 30.3 Å². The fraction of sp³-hybridized carbons (Fsp3) is 0.476. The van der Waals surface area contributed by atoms with E-state index in [1.54, 1.807) is 12.3 Å². The predicted octanol–water partition coefficient (Wildman–Crippen LogP) is 2.61. The minimum absolute atomic E-state index is 0.162. The maximum Gasteiger partial charge on any atom is 0.152 e. The molecule has 4 N–H and O–H groups in total. The monoisotopic (exact) mass is 381 g/mol. The van der Waals surface area contributed by atoms with Crippen LogP contribution >= 0.6 is 0 Å². The number of aromatic nitrogens is 2. The van der Waals surface area contributed by atoms with Gasteiger partial charge < -0.3 is 25.9 Å². The van der Waals surface area contributed by atoms with Crippen LogP contribution in [-0.4, -0.2) is 47.1 Å². The number of hydrogen-bond donors (Lipinski definition) is 3. The highest BCUT2D eigenvalue weighted by atomic mass is 16.5. The maximum absolute atomic E-state index is 9.90. The van der Waals surface area contributed by atoms with E-state index >= 15 is 0 Å². The molecule has 148 valence electrons. The summed E-state index contributed by atoms with van der Waals surface area (Å²) in [6.45, 7) is 4.64. The van der Waals surface area contributed by atoms with Crippen LogP contribution in [0.4, 0.5) is 11.5 Å². The molecule has 4 rings (SSSR count). The van der Waals surface area contributed by atoms with Crippen molar-refractivity contribution >= 4 is 17.7 Å². The Labute approximate surface area is 165 Å². The van der Waals surface area contributed by atoms with Crippen molar-refractivity contribution in [3.05, 3.63) is 35.7 Å². The smallest absolute Gasteiger partial charge is 0.152 e. The van der Waals surface area contributed by atoms with Crippen molar-refractivity contribution in [1.29, 1.82) is 5.41 Å². The second-order valence-electron chi connectivity index (χ2n) is 7.98. The van der Waals surface area contributed by atoms with E-state index in [0.717, 1.165) is 50.3 Å². The minimum atomic E-state index is -0.162. The molecule has 2 aliphatic rings. The number of aliphatic hydroxyl groups excluding tert-OH is 1. The topological polar surface area (TPSA) is 108 Å². The average molecular weight is 381 g/mol. The summed E-state index contributed by atoms with van der Waals surface area (Å²) in [5.74, 6) is 0.760. The Morgan fingerprint density at radius 1 is 1.39 bits per heavy atom. The quantitative estimate of drug-likeness (QED) is 0.555. The molecule has 2 fully saturated rings. The zero-order chi connectivity index (χ0) is 19.7. The molecule has 2 aromatic rings. The minimum Gasteiger partial charge on any atom is -0.398 e. The van der Waals surface area contributed by atoms with E-state index in [1.807, 2.05) is 12.1 Å². The van der Waals surface area contributed by atoms with Gasteiger partial charge in [-0.2, -0.15) is 0 Å². The molecule has 3 heterocycles. The summed E-state index contributed by atoms with van der Waals surface area (Å²) in [5.41, 5.74) is 9.45. The van der Waals surface area contributed by atoms with Gasteiger partial charge in [-0.25, -0.2) is 9.97 Å². The average Bonchev–Trinajstić information content (AvgIpc) is 3.08. The van der Waals surface area contributed by atoms with Crippen molar-refractivity contribution in [3.8, 4) is 11.3 Å². The number of nitrogens with two attached hydrogens (primary N) is 1. The van der Waals surface area contributed by atoms with E-state index in [4.69, 9.17) is 15.9 Å². The summed E-state index contributed by atoms with van der Waals surface area (Å²) in [6.07, 6.45) is 6.59. The fourth-order valence-electron chi connectivity index (χ4n) is 4.38. The molecule has 2 aliphatic heterocycles. The molecule has 7 nitrogen and oxygen atoms in total. The largest absolute Gasteiger partial charge is 0.398 e. The van der Waals surface area contributed by atoms with Gasteiger partial charge in [0.1, 0.15) is 5.69 Å². The molecule has 0 aliphatic carbocycles. The maximum atomic E-state index is 9.90. The van der Waals surface area contributed by atoms with Gasteiger partial charge in [-0.05, 0) is 43.7 Å². The van der Waals surface area contributed by atoms with Gasteiger partial charge in [-0.1, -0.05) is 6.07 Å². The molecule has 1 aromatic heterocycles. The summed E-state index contributed by atoms with van der Waals surface area (Å²) in [5, 5.41) is 17.4. The van der Waals surface area contributed by atoms with Gasteiger partial charge in [-0.3, -0.25) is 0 Å². The summed E-state index contributed by atoms with van der Waals surface area (Å²) >= 11 is 0. The Morgan fingerprint density at radius 3 is 2.82 bits per heavy atom. The van der Waals surface area contributed by atoms with Gasteiger partial charge in [0.05, 0.1) is 31.2 Å². The van der Waals surface area contributed by atoms with Crippen molar-refractivity contribution in [2.45, 2.75) is 38.9 Å². The van der Waals surface area contributed by atoms with Crippen LogP contribution < -0.4 is 10.6 Å². The van der Waals surface area contributed by atoms with Gasteiger partial charge in [0, 0.05) is 36.1 Å². The number of ether oxygens (including phenoxy) is 1. The number of nitrogens with zero attached hydrogens (tertiary/aromatic N) is 3. The molecule has 0 bridgehead atoms. The van der Waals surface area contributed by atoms with Crippen LogP contribution in [-0.2, 0) is 11.3 Å². The molecule has 1 atom stereocenters. The molecule has 1 aromatic carbocycles. The van der Waals surface area contributed by atoms with E-state index in [-0.39, 0.29) is 6.61 Å². The molecule has 0 saturated carbocycles. The lowest BCUT2D eigenvalue weighted by Gasteiger charge is -2.39. The third kappa shape index (κ3) is 3.47. The van der Waals surface area contributed by atoms with Gasteiger partial charge in [0.2, 0.25) is 0 Å². The lowest BCUT2D eigenvalue weighted by Crippen LogP contribution is -2.41. The summed E-state index contributed by atoms with van der Waals surface area (Å²) in [4.78, 5) is 11.5. The van der Waals surface area contributed by atoms with Crippen LogP contribution in [0.2, 0.25) is 0 Å². The molecule has 2 saturated heterocycles. The second kappa shape index (κ2) is 7.48. The zero-order valence-electron chi connectivity index (χ0n) is 16.2. The van der Waals surface area contributed by atoms with Gasteiger partial charge in [0.15, 0.2) is 5.82 Å². The van der Waals surface area contributed by atoms with E-state index in [1.165, 1.54) is 6.21 Å². The van der Waals surface area contributed by atoms with Crippen LogP contribution in [0.15, 0.2) is 24.4 Å². The SMILES string of the molecule is C[C@H]1CC2(CCN(c3ncc(-c4ccc(N)c(C=N)c4)nc3CO)CC2)CO1. The van der Waals surface area contributed by atoms with Gasteiger partial charge in [0.25, 0.3) is 0 Å². The molecule has 0 amide bonds. The standard InChI is InChI=1S/C21H27N5O2/c1-14-9-21(13-28-14)4-6-26(7-5-21)20-19(12-27)25-18(11-24-20)15-2-3-17(23)16(8-15)10-22/h2-3,8,10-11,14,22,27H,4-7,9,12-13,23H2,1H3/t14-/m0/s1. The first kappa shape index (κ1) is 18.8. The summed E-state index contributed by atoms with van der Waals surface area (Å²) in [6, 6.07) is 5.44. The van der Waals surface area contributed by atoms with E-state index in [2.05, 4.69) is 21.8 Å². The third-order valence-corrected chi connectivity index (χ3v) is 6.03. The Hall–Kier alpha value is -2.51. The Bertz CT molecular complexity index is 877. The number of benzene rings is 1. The van der Waals surface area contributed by atoms with Gasteiger partial charge >= 0.3 is 0 Å². The summed E-state index contributed by atoms with van der Waals surface area (Å²) < 4.78 is 5.81. The number of hydrogen-bond acceptors (Lipinski definition) is 7. The molecule has 1 spiro atoms. The number of nitrogen functional groups attached to an aromatic ring is 1. The number of anilines is 2. The number of nitrogens with one attached hydrogen (secondary N) is 1. The first-order valence-electron chi connectivity index (χ1n) is 9.77. The van der Waals surface area contributed by atoms with Crippen molar-refractivity contribution < 1.29 is 9.84 Å². The number of rotatable bonds is 4. The summed E-state index contributed by atoms with van der Waals surface area (Å²) in [7, 11) is 0. The number of aliphatic hydroxyl groups is 1. The van der Waals surface area contributed by atoms with E-state index < -0.39 is 0 Å². The van der Waals surface area contributed by atoms with Crippen LogP contribution in [0.5, 0.6) is 0 Å². The molecular formula is C21H27N5O2. The van der Waals surface area contributed by atoms with Crippen LogP contribution in [0.1, 0.15) is 37.4 Å². The molecule has 28 heavy (non-hydrogen) atoms. The molecule has 7 heteroatoms. The molecule has 0 radical (unpaired) electrons. The van der Waals surface area contributed by atoms with Crippen molar-refractivity contribution in [1.82, 2.24) is 9.97 Å². The normalized spacial score (nSPS) is 21.2. The first-order valence-corrected chi connectivity index (χ1v) is 9.77. The zero-order valence-corrected chi connectivity index (χ0v) is 16.2. The Morgan fingerprint density at radius 2 is 2.18 bits per heavy atom. The lowest BCUT2D eigenvalue weighted by atomic mass is 9.77. The highest BCUT2D eigenvalue weighted by Crippen LogP contribution is 2.42. The second-order valence-corrected chi connectivity index (χ2v) is 7.98. The Kier molecular flexibility index (Phi) is 5.03. The predicted molar refractivity (Wildman–Crippen MR) is 110 cm³/mol. The van der Waals surface area contributed by atoms with Crippen LogP contribution in [0, 0.1) is 10.8 Å². The molecule has 0 unspecified atom stereocenters. The first-order chi connectivity index (χ1) is 13.5. The number of piperidine rings is 1. The molecular weight excluding hydrogens is 354 g/mol. The third-order valence-electron chi connectivity index (χ3n) is 6.03. The van der Waals surface area contributed by atoms with Crippen LogP contribution in [0.3, 0.4) is 0 Å². The van der Waals surface area contributed by atoms with E-state index in [9.17, 15) is 5.11 Å². The highest BCUT2D eigenvalue weighted by Gasteiger charge is 2.41. The highest BCUT2D eigenvalue weighted by molar-refractivity contribution is 5.87. The van der Waals surface area contributed by atoms with Crippen LogP contribution in [0.25, 0.3) is 11.3 Å². The fourth-order valence-corrected chi connectivity index (χ4v) is 4.38. The Balaban J connectivity index is 1.56. The van der Waals surface area contributed by atoms with Crippen molar-refractivity contribution in [2.24, 2.45) is 5.41 Å². The lowest BCUT2D eigenvalue weighted by molar-refractivity contribution is 0.0975. The van der Waals surface area contributed by atoms with Gasteiger partial charge in [-0.15, -0.1) is 0 Å². The van der Waals surface area contributed by atoms with Crippen molar-refractivity contribution in [3.63, 3.8) is 0 Å². The van der Waals surface area contributed by atoms with E-state index in [0.29, 0.717) is 34.2 Å².